The molecule has 0 aliphatic carbocycles. The number of carbonyl (C=O) groups is 1. The third kappa shape index (κ3) is 4.02. The summed E-state index contributed by atoms with van der Waals surface area (Å²) in [7, 11) is 0. The molecular weight excluding hydrogens is 302 g/mol. The first-order chi connectivity index (χ1) is 11.8. The second kappa shape index (κ2) is 8.08. The van der Waals surface area contributed by atoms with E-state index in [-0.39, 0.29) is 18.1 Å². The summed E-state index contributed by atoms with van der Waals surface area (Å²) in [5.74, 6) is -0.00385. The van der Waals surface area contributed by atoms with Crippen molar-refractivity contribution in [3.05, 3.63) is 71.8 Å². The van der Waals surface area contributed by atoms with Gasteiger partial charge in [0, 0.05) is 0 Å². The number of hydrogen-bond donors (Lipinski definition) is 0. The molecule has 0 unspecified atom stereocenters. The molecular formula is C20H23NO3. The molecule has 2 aromatic rings. The Balaban J connectivity index is 1.58. The molecule has 0 N–H and O–H groups in total. The van der Waals surface area contributed by atoms with Gasteiger partial charge in [0.15, 0.2) is 0 Å². The van der Waals surface area contributed by atoms with Crippen LogP contribution >= 0.6 is 0 Å². The van der Waals surface area contributed by atoms with Gasteiger partial charge >= 0.3 is 0 Å². The molecule has 2 atom stereocenters. The molecule has 24 heavy (non-hydrogen) atoms. The minimum absolute atomic E-state index is 0.00385. The fourth-order valence-electron chi connectivity index (χ4n) is 3.00. The molecule has 1 heterocycles. The van der Waals surface area contributed by atoms with Crippen LogP contribution in [0.25, 0.3) is 0 Å². The van der Waals surface area contributed by atoms with Gasteiger partial charge in [-0.2, -0.15) is 0 Å². The number of ether oxygens (including phenoxy) is 1. The van der Waals surface area contributed by atoms with Crippen LogP contribution < -0.4 is 0 Å². The first-order valence-corrected chi connectivity index (χ1v) is 8.42. The van der Waals surface area contributed by atoms with Crippen LogP contribution in [0.4, 0.5) is 0 Å². The lowest BCUT2D eigenvalue weighted by Gasteiger charge is -2.26. The van der Waals surface area contributed by atoms with E-state index in [2.05, 4.69) is 6.92 Å². The summed E-state index contributed by atoms with van der Waals surface area (Å²) in [5.41, 5.74) is 2.16. The van der Waals surface area contributed by atoms with Crippen LogP contribution in [-0.2, 0) is 27.6 Å². The molecule has 0 bridgehead atoms. The van der Waals surface area contributed by atoms with Crippen molar-refractivity contribution in [1.82, 2.24) is 5.06 Å². The SMILES string of the molecule is CC[C@@H]1[C@@H](OCc2ccccc2)CC(=O)N1OCc1ccccc1. The highest BCUT2D eigenvalue weighted by atomic mass is 16.7. The molecule has 0 saturated carbocycles. The number of hydrogen-bond acceptors (Lipinski definition) is 3. The van der Waals surface area contributed by atoms with Gasteiger partial charge in [-0.3, -0.25) is 9.63 Å². The first kappa shape index (κ1) is 16.7. The Morgan fingerprint density at radius 3 is 2.12 bits per heavy atom. The summed E-state index contributed by atoms with van der Waals surface area (Å²) < 4.78 is 6.00. The molecule has 0 aromatic heterocycles. The van der Waals surface area contributed by atoms with Crippen molar-refractivity contribution in [2.75, 3.05) is 0 Å². The maximum atomic E-state index is 12.3. The Kier molecular flexibility index (Phi) is 5.62. The third-order valence-electron chi connectivity index (χ3n) is 4.29. The van der Waals surface area contributed by atoms with Crippen molar-refractivity contribution in [2.24, 2.45) is 0 Å². The van der Waals surface area contributed by atoms with Crippen LogP contribution in [0.15, 0.2) is 60.7 Å². The van der Waals surface area contributed by atoms with Crippen molar-refractivity contribution in [1.29, 1.82) is 0 Å². The summed E-state index contributed by atoms with van der Waals surface area (Å²) in [4.78, 5) is 18.1. The summed E-state index contributed by atoms with van der Waals surface area (Å²) in [6.07, 6.45) is 1.05. The lowest BCUT2D eigenvalue weighted by atomic mass is 10.1. The molecule has 0 radical (unpaired) electrons. The molecule has 3 rings (SSSR count). The van der Waals surface area contributed by atoms with Crippen molar-refractivity contribution in [2.45, 2.75) is 45.1 Å². The van der Waals surface area contributed by atoms with E-state index in [1.165, 1.54) is 5.06 Å². The Labute approximate surface area is 143 Å². The van der Waals surface area contributed by atoms with E-state index in [0.717, 1.165) is 17.5 Å². The molecule has 1 aliphatic rings. The fourth-order valence-corrected chi connectivity index (χ4v) is 3.00. The first-order valence-electron chi connectivity index (χ1n) is 8.42. The smallest absolute Gasteiger partial charge is 0.249 e. The Bertz CT molecular complexity index is 644. The number of nitrogens with zero attached hydrogens (tertiary/aromatic N) is 1. The van der Waals surface area contributed by atoms with Gasteiger partial charge in [-0.25, -0.2) is 5.06 Å². The van der Waals surface area contributed by atoms with Crippen LogP contribution in [0.5, 0.6) is 0 Å². The number of benzene rings is 2. The standard InChI is InChI=1S/C20H23NO3/c1-2-18-19(23-14-16-9-5-3-6-10-16)13-20(22)21(18)24-15-17-11-7-4-8-12-17/h3-12,18-19H,2,13-15H2,1H3/t18-,19+/m1/s1. The minimum atomic E-state index is -0.126. The topological polar surface area (TPSA) is 38.8 Å². The summed E-state index contributed by atoms with van der Waals surface area (Å²) >= 11 is 0. The van der Waals surface area contributed by atoms with E-state index in [1.807, 2.05) is 60.7 Å². The molecule has 1 fully saturated rings. The minimum Gasteiger partial charge on any atom is -0.371 e. The Morgan fingerprint density at radius 1 is 0.958 bits per heavy atom. The number of rotatable bonds is 7. The Morgan fingerprint density at radius 2 is 1.54 bits per heavy atom. The highest BCUT2D eigenvalue weighted by Crippen LogP contribution is 2.26. The number of hydroxylamine groups is 2. The zero-order chi connectivity index (χ0) is 16.8. The number of amides is 1. The lowest BCUT2D eigenvalue weighted by Crippen LogP contribution is -2.37. The second-order valence-electron chi connectivity index (χ2n) is 5.99. The van der Waals surface area contributed by atoms with E-state index in [1.54, 1.807) is 0 Å². The van der Waals surface area contributed by atoms with E-state index in [0.29, 0.717) is 19.6 Å². The fraction of sp³-hybridized carbons (Fsp3) is 0.350. The van der Waals surface area contributed by atoms with Crippen LogP contribution in [-0.4, -0.2) is 23.1 Å². The summed E-state index contributed by atoms with van der Waals surface area (Å²) in [6, 6.07) is 19.9. The highest BCUT2D eigenvalue weighted by Gasteiger charge is 2.40. The largest absolute Gasteiger partial charge is 0.371 e. The molecule has 1 saturated heterocycles. The van der Waals surface area contributed by atoms with Gasteiger partial charge < -0.3 is 4.74 Å². The molecule has 4 nitrogen and oxygen atoms in total. The van der Waals surface area contributed by atoms with E-state index >= 15 is 0 Å². The zero-order valence-corrected chi connectivity index (χ0v) is 13.9. The van der Waals surface area contributed by atoms with E-state index < -0.39 is 0 Å². The normalized spacial score (nSPS) is 20.5. The van der Waals surface area contributed by atoms with Crippen molar-refractivity contribution >= 4 is 5.91 Å². The molecule has 0 spiro atoms. The van der Waals surface area contributed by atoms with Gasteiger partial charge in [0.1, 0.15) is 6.61 Å². The van der Waals surface area contributed by atoms with Gasteiger partial charge in [0.05, 0.1) is 25.2 Å². The average Bonchev–Trinajstić information content (AvgIpc) is 2.94. The van der Waals surface area contributed by atoms with Crippen LogP contribution in [0, 0.1) is 0 Å². The predicted octanol–water partition coefficient (Wildman–Crippen LogP) is 3.71. The number of carbonyl (C=O) groups excluding carboxylic acids is 1. The molecule has 2 aromatic carbocycles. The van der Waals surface area contributed by atoms with Crippen molar-refractivity contribution < 1.29 is 14.4 Å². The van der Waals surface area contributed by atoms with Gasteiger partial charge in [-0.05, 0) is 17.5 Å². The second-order valence-corrected chi connectivity index (χ2v) is 5.99. The third-order valence-corrected chi connectivity index (χ3v) is 4.29. The van der Waals surface area contributed by atoms with Crippen LogP contribution in [0.2, 0.25) is 0 Å². The van der Waals surface area contributed by atoms with E-state index in [9.17, 15) is 4.79 Å². The van der Waals surface area contributed by atoms with Crippen molar-refractivity contribution in [3.63, 3.8) is 0 Å². The van der Waals surface area contributed by atoms with Crippen LogP contribution in [0.1, 0.15) is 30.9 Å². The van der Waals surface area contributed by atoms with E-state index in [4.69, 9.17) is 9.57 Å². The summed E-state index contributed by atoms with van der Waals surface area (Å²) in [6.45, 7) is 2.97. The van der Waals surface area contributed by atoms with Crippen molar-refractivity contribution in [3.8, 4) is 0 Å². The van der Waals surface area contributed by atoms with Gasteiger partial charge in [-0.15, -0.1) is 0 Å². The van der Waals surface area contributed by atoms with Gasteiger partial charge in [0.25, 0.3) is 0 Å². The molecule has 1 amide bonds. The molecule has 4 heteroatoms. The molecule has 126 valence electrons. The van der Waals surface area contributed by atoms with Gasteiger partial charge in [-0.1, -0.05) is 67.6 Å². The van der Waals surface area contributed by atoms with Crippen LogP contribution in [0.3, 0.4) is 0 Å². The summed E-state index contributed by atoms with van der Waals surface area (Å²) in [5, 5.41) is 1.52. The maximum absolute atomic E-state index is 12.3. The average molecular weight is 325 g/mol. The van der Waals surface area contributed by atoms with Gasteiger partial charge in [0.2, 0.25) is 5.91 Å². The molecule has 1 aliphatic heterocycles. The lowest BCUT2D eigenvalue weighted by molar-refractivity contribution is -0.200. The zero-order valence-electron chi connectivity index (χ0n) is 13.9. The Hall–Kier alpha value is -2.17. The highest BCUT2D eigenvalue weighted by molar-refractivity contribution is 5.78. The quantitative estimate of drug-likeness (QED) is 0.779. The monoisotopic (exact) mass is 325 g/mol. The maximum Gasteiger partial charge on any atom is 0.249 e. The predicted molar refractivity (Wildman–Crippen MR) is 91.8 cm³/mol.